The van der Waals surface area contributed by atoms with Crippen LogP contribution in [-0.2, 0) is 13.0 Å². The SMILES string of the molecule is CC(C)c1nc2c(o1)CCN(C(=O)c1cn3cccnc3n1)C2. The van der Waals surface area contributed by atoms with Crippen molar-refractivity contribution < 1.29 is 9.21 Å². The van der Waals surface area contributed by atoms with Crippen molar-refractivity contribution in [1.82, 2.24) is 24.3 Å². The Kier molecular flexibility index (Phi) is 3.14. The first-order valence-corrected chi connectivity index (χ1v) is 7.69. The van der Waals surface area contributed by atoms with Gasteiger partial charge in [0.15, 0.2) is 5.89 Å². The zero-order chi connectivity index (χ0) is 16.0. The smallest absolute Gasteiger partial charge is 0.274 e. The molecular weight excluding hydrogens is 294 g/mol. The minimum Gasteiger partial charge on any atom is -0.445 e. The van der Waals surface area contributed by atoms with Crippen LogP contribution in [0.2, 0.25) is 0 Å². The quantitative estimate of drug-likeness (QED) is 0.724. The molecule has 0 fully saturated rings. The summed E-state index contributed by atoms with van der Waals surface area (Å²) in [7, 11) is 0. The van der Waals surface area contributed by atoms with E-state index in [0.29, 0.717) is 31.0 Å². The third-order valence-electron chi connectivity index (χ3n) is 3.98. The molecule has 1 aliphatic rings. The Morgan fingerprint density at radius 2 is 2.22 bits per heavy atom. The molecule has 7 nitrogen and oxygen atoms in total. The molecule has 0 unspecified atom stereocenters. The molecule has 0 aromatic carbocycles. The lowest BCUT2D eigenvalue weighted by Crippen LogP contribution is -2.36. The normalized spacial score (nSPS) is 14.5. The summed E-state index contributed by atoms with van der Waals surface area (Å²) in [5.41, 5.74) is 1.26. The van der Waals surface area contributed by atoms with Crippen molar-refractivity contribution in [3.63, 3.8) is 0 Å². The number of rotatable bonds is 2. The highest BCUT2D eigenvalue weighted by Crippen LogP contribution is 2.24. The molecule has 4 heterocycles. The van der Waals surface area contributed by atoms with Gasteiger partial charge in [-0.05, 0) is 6.07 Å². The van der Waals surface area contributed by atoms with Crippen LogP contribution in [0, 0.1) is 0 Å². The topological polar surface area (TPSA) is 76.5 Å². The Bertz CT molecular complexity index is 847. The molecule has 0 atom stereocenters. The molecule has 1 aliphatic heterocycles. The maximum atomic E-state index is 12.7. The molecule has 0 radical (unpaired) electrons. The van der Waals surface area contributed by atoms with Crippen LogP contribution in [0.3, 0.4) is 0 Å². The van der Waals surface area contributed by atoms with Gasteiger partial charge in [0, 0.05) is 37.5 Å². The van der Waals surface area contributed by atoms with Gasteiger partial charge >= 0.3 is 0 Å². The average molecular weight is 311 g/mol. The largest absolute Gasteiger partial charge is 0.445 e. The predicted octanol–water partition coefficient (Wildman–Crippen LogP) is 2.04. The van der Waals surface area contributed by atoms with Crippen molar-refractivity contribution in [2.75, 3.05) is 6.54 Å². The predicted molar refractivity (Wildman–Crippen MR) is 82.0 cm³/mol. The van der Waals surface area contributed by atoms with Gasteiger partial charge < -0.3 is 9.32 Å². The van der Waals surface area contributed by atoms with Gasteiger partial charge in [0.1, 0.15) is 17.1 Å². The molecule has 0 aliphatic carbocycles. The molecule has 3 aromatic heterocycles. The van der Waals surface area contributed by atoms with Crippen LogP contribution >= 0.6 is 0 Å². The van der Waals surface area contributed by atoms with E-state index in [1.807, 2.05) is 20.0 Å². The molecule has 23 heavy (non-hydrogen) atoms. The van der Waals surface area contributed by atoms with Crippen LogP contribution in [0.25, 0.3) is 5.78 Å². The molecule has 1 amide bonds. The van der Waals surface area contributed by atoms with Gasteiger partial charge in [0.25, 0.3) is 5.91 Å². The summed E-state index contributed by atoms with van der Waals surface area (Å²) >= 11 is 0. The fourth-order valence-electron chi connectivity index (χ4n) is 2.73. The minimum absolute atomic E-state index is 0.102. The fourth-order valence-corrected chi connectivity index (χ4v) is 2.73. The van der Waals surface area contributed by atoms with E-state index < -0.39 is 0 Å². The summed E-state index contributed by atoms with van der Waals surface area (Å²) in [4.78, 5) is 27.4. The van der Waals surface area contributed by atoms with Crippen LogP contribution in [0.1, 0.15) is 47.6 Å². The molecule has 3 aromatic rings. The number of amides is 1. The highest BCUT2D eigenvalue weighted by Gasteiger charge is 2.27. The van der Waals surface area contributed by atoms with Gasteiger partial charge in [0.05, 0.1) is 6.54 Å². The Morgan fingerprint density at radius 1 is 1.35 bits per heavy atom. The Hall–Kier alpha value is -2.70. The first kappa shape index (κ1) is 13.9. The summed E-state index contributed by atoms with van der Waals surface area (Å²) < 4.78 is 7.52. The zero-order valence-electron chi connectivity index (χ0n) is 13.1. The molecule has 0 saturated heterocycles. The molecule has 0 N–H and O–H groups in total. The molecule has 4 rings (SSSR count). The van der Waals surface area contributed by atoms with Gasteiger partial charge in [-0.1, -0.05) is 13.8 Å². The van der Waals surface area contributed by atoms with Gasteiger partial charge in [0.2, 0.25) is 5.78 Å². The van der Waals surface area contributed by atoms with Crippen molar-refractivity contribution in [2.24, 2.45) is 0 Å². The highest BCUT2D eigenvalue weighted by atomic mass is 16.4. The number of carbonyl (C=O) groups is 1. The van der Waals surface area contributed by atoms with Crippen molar-refractivity contribution in [3.8, 4) is 0 Å². The third-order valence-corrected chi connectivity index (χ3v) is 3.98. The first-order chi connectivity index (χ1) is 11.1. The highest BCUT2D eigenvalue weighted by molar-refractivity contribution is 5.92. The van der Waals surface area contributed by atoms with Gasteiger partial charge in [-0.2, -0.15) is 0 Å². The van der Waals surface area contributed by atoms with Gasteiger partial charge in [-0.15, -0.1) is 0 Å². The standard InChI is InChI=1S/C16H17N5O2/c1-10(2)14-18-11-8-20(7-4-13(11)23-14)15(22)12-9-21-6-3-5-17-16(21)19-12/h3,5-6,9-10H,4,7-8H2,1-2H3. The molecule has 0 spiro atoms. The maximum absolute atomic E-state index is 12.7. The number of hydrogen-bond donors (Lipinski definition) is 0. The van der Waals surface area contributed by atoms with E-state index in [9.17, 15) is 4.79 Å². The molecule has 7 heteroatoms. The van der Waals surface area contributed by atoms with E-state index in [-0.39, 0.29) is 11.8 Å². The summed E-state index contributed by atoms with van der Waals surface area (Å²) in [5, 5.41) is 0. The number of oxazole rings is 1. The summed E-state index contributed by atoms with van der Waals surface area (Å²) in [6.45, 7) is 5.17. The lowest BCUT2D eigenvalue weighted by atomic mass is 10.1. The van der Waals surface area contributed by atoms with E-state index in [1.165, 1.54) is 0 Å². The number of fused-ring (bicyclic) bond motifs is 2. The van der Waals surface area contributed by atoms with E-state index in [1.54, 1.807) is 27.8 Å². The first-order valence-electron chi connectivity index (χ1n) is 7.69. The van der Waals surface area contributed by atoms with E-state index in [4.69, 9.17) is 4.42 Å². The van der Waals surface area contributed by atoms with E-state index >= 15 is 0 Å². The van der Waals surface area contributed by atoms with E-state index in [0.717, 1.165) is 17.3 Å². The zero-order valence-corrected chi connectivity index (χ0v) is 13.1. The summed E-state index contributed by atoms with van der Waals surface area (Å²) in [5.74, 6) is 2.30. The number of aromatic nitrogens is 4. The van der Waals surface area contributed by atoms with Gasteiger partial charge in [-0.25, -0.2) is 15.0 Å². The number of nitrogens with zero attached hydrogens (tertiary/aromatic N) is 5. The van der Waals surface area contributed by atoms with Crippen LogP contribution in [0.15, 0.2) is 29.1 Å². The third kappa shape index (κ3) is 2.38. The second-order valence-corrected chi connectivity index (χ2v) is 6.01. The molecule has 0 saturated carbocycles. The molecule has 0 bridgehead atoms. The molecule has 118 valence electrons. The fraction of sp³-hybridized carbons (Fsp3) is 0.375. The van der Waals surface area contributed by atoms with Crippen LogP contribution in [0.5, 0.6) is 0 Å². The van der Waals surface area contributed by atoms with Crippen molar-refractivity contribution >= 4 is 11.7 Å². The second-order valence-electron chi connectivity index (χ2n) is 6.01. The van der Waals surface area contributed by atoms with Crippen LogP contribution < -0.4 is 0 Å². The number of imidazole rings is 1. The Morgan fingerprint density at radius 3 is 3.00 bits per heavy atom. The average Bonchev–Trinajstić information content (AvgIpc) is 3.17. The Balaban J connectivity index is 1.59. The van der Waals surface area contributed by atoms with Crippen LogP contribution in [0.4, 0.5) is 0 Å². The number of hydrogen-bond acceptors (Lipinski definition) is 5. The Labute approximate surface area is 133 Å². The second kappa shape index (κ2) is 5.19. The van der Waals surface area contributed by atoms with Gasteiger partial charge in [-0.3, -0.25) is 9.20 Å². The van der Waals surface area contributed by atoms with Crippen molar-refractivity contribution in [2.45, 2.75) is 32.7 Å². The molecular formula is C16H17N5O2. The lowest BCUT2D eigenvalue weighted by Gasteiger charge is -2.24. The van der Waals surface area contributed by atoms with Crippen molar-refractivity contribution in [3.05, 3.63) is 47.7 Å². The minimum atomic E-state index is -0.102. The lowest BCUT2D eigenvalue weighted by molar-refractivity contribution is 0.0722. The van der Waals surface area contributed by atoms with Crippen LogP contribution in [-0.4, -0.2) is 36.7 Å². The monoisotopic (exact) mass is 311 g/mol. The van der Waals surface area contributed by atoms with Crippen molar-refractivity contribution in [1.29, 1.82) is 0 Å². The summed E-state index contributed by atoms with van der Waals surface area (Å²) in [6.07, 6.45) is 5.88. The maximum Gasteiger partial charge on any atom is 0.274 e. The number of carbonyl (C=O) groups excluding carboxylic acids is 1. The summed E-state index contributed by atoms with van der Waals surface area (Å²) in [6, 6.07) is 1.80. The van der Waals surface area contributed by atoms with E-state index in [2.05, 4.69) is 15.0 Å².